The van der Waals surface area contributed by atoms with E-state index in [1.54, 1.807) is 12.1 Å². The van der Waals surface area contributed by atoms with Crippen molar-refractivity contribution in [1.29, 1.82) is 0 Å². The standard InChI is InChI=1S/C15H22N2O3/c1-11-3-6-13(7-4-11)20-15-9-12(10-16-2)5-8-14(15)17(18)19/h5,8-9,11,13,16H,3-4,6-7,10H2,1-2H3. The summed E-state index contributed by atoms with van der Waals surface area (Å²) in [7, 11) is 1.85. The summed E-state index contributed by atoms with van der Waals surface area (Å²) in [5, 5.41) is 14.1. The van der Waals surface area contributed by atoms with Gasteiger partial charge >= 0.3 is 5.69 Å². The van der Waals surface area contributed by atoms with Crippen LogP contribution in [0.1, 0.15) is 38.2 Å². The number of hydrogen-bond acceptors (Lipinski definition) is 4. The van der Waals surface area contributed by atoms with Gasteiger partial charge in [-0.15, -0.1) is 0 Å². The number of nitro groups is 1. The summed E-state index contributed by atoms with van der Waals surface area (Å²) >= 11 is 0. The van der Waals surface area contributed by atoms with E-state index < -0.39 is 0 Å². The molecule has 20 heavy (non-hydrogen) atoms. The zero-order chi connectivity index (χ0) is 14.5. The zero-order valence-corrected chi connectivity index (χ0v) is 12.1. The number of hydrogen-bond donors (Lipinski definition) is 1. The number of ether oxygens (including phenoxy) is 1. The Balaban J connectivity index is 2.14. The van der Waals surface area contributed by atoms with Crippen LogP contribution in [0.25, 0.3) is 0 Å². The van der Waals surface area contributed by atoms with Crippen molar-refractivity contribution in [3.05, 3.63) is 33.9 Å². The molecule has 0 unspecified atom stereocenters. The second kappa shape index (κ2) is 6.70. The predicted molar refractivity (Wildman–Crippen MR) is 77.9 cm³/mol. The van der Waals surface area contributed by atoms with Crippen molar-refractivity contribution < 1.29 is 9.66 Å². The second-order valence-electron chi connectivity index (χ2n) is 5.59. The van der Waals surface area contributed by atoms with Crippen molar-refractivity contribution in [1.82, 2.24) is 5.32 Å². The van der Waals surface area contributed by atoms with Crippen molar-refractivity contribution >= 4 is 5.69 Å². The van der Waals surface area contributed by atoms with Crippen LogP contribution in [-0.4, -0.2) is 18.1 Å². The quantitative estimate of drug-likeness (QED) is 0.663. The average Bonchev–Trinajstić information content (AvgIpc) is 2.42. The Morgan fingerprint density at radius 3 is 2.65 bits per heavy atom. The maximum absolute atomic E-state index is 11.1. The molecule has 0 radical (unpaired) electrons. The molecule has 1 fully saturated rings. The Hall–Kier alpha value is -1.62. The number of rotatable bonds is 5. The van der Waals surface area contributed by atoms with Crippen LogP contribution >= 0.6 is 0 Å². The SMILES string of the molecule is CNCc1ccc([N+](=O)[O-])c(OC2CCC(C)CC2)c1. The van der Waals surface area contributed by atoms with Crippen LogP contribution in [0.5, 0.6) is 5.75 Å². The lowest BCUT2D eigenvalue weighted by molar-refractivity contribution is -0.386. The first-order chi connectivity index (χ1) is 9.60. The number of nitrogens with one attached hydrogen (secondary N) is 1. The maximum Gasteiger partial charge on any atom is 0.310 e. The smallest absolute Gasteiger partial charge is 0.310 e. The lowest BCUT2D eigenvalue weighted by atomic mass is 9.89. The van der Waals surface area contributed by atoms with Crippen molar-refractivity contribution in [3.8, 4) is 5.75 Å². The molecule has 0 aliphatic heterocycles. The van der Waals surface area contributed by atoms with E-state index in [2.05, 4.69) is 12.2 Å². The molecule has 0 amide bonds. The monoisotopic (exact) mass is 278 g/mol. The number of benzene rings is 1. The van der Waals surface area contributed by atoms with Crippen molar-refractivity contribution in [2.24, 2.45) is 5.92 Å². The molecular weight excluding hydrogens is 256 g/mol. The van der Waals surface area contributed by atoms with Gasteiger partial charge in [-0.3, -0.25) is 10.1 Å². The van der Waals surface area contributed by atoms with Gasteiger partial charge in [-0.05, 0) is 50.3 Å². The molecular formula is C15H22N2O3. The van der Waals surface area contributed by atoms with Gasteiger partial charge in [-0.1, -0.05) is 13.0 Å². The summed E-state index contributed by atoms with van der Waals surface area (Å²) in [4.78, 5) is 10.7. The average molecular weight is 278 g/mol. The molecule has 0 atom stereocenters. The highest BCUT2D eigenvalue weighted by atomic mass is 16.6. The molecule has 0 saturated heterocycles. The van der Waals surface area contributed by atoms with E-state index in [4.69, 9.17) is 4.74 Å². The summed E-state index contributed by atoms with van der Waals surface area (Å²) in [6.45, 7) is 2.92. The Kier molecular flexibility index (Phi) is 4.95. The molecule has 5 nitrogen and oxygen atoms in total. The van der Waals surface area contributed by atoms with Gasteiger partial charge in [-0.25, -0.2) is 0 Å². The Morgan fingerprint density at radius 1 is 1.35 bits per heavy atom. The highest BCUT2D eigenvalue weighted by molar-refractivity contribution is 5.48. The summed E-state index contributed by atoms with van der Waals surface area (Å²) in [6, 6.07) is 5.09. The first-order valence-corrected chi connectivity index (χ1v) is 7.18. The highest BCUT2D eigenvalue weighted by Crippen LogP contribution is 2.33. The van der Waals surface area contributed by atoms with Crippen LogP contribution in [0, 0.1) is 16.0 Å². The van der Waals surface area contributed by atoms with E-state index in [0.717, 1.165) is 37.2 Å². The molecule has 0 aromatic heterocycles. The van der Waals surface area contributed by atoms with Crippen LogP contribution in [0.3, 0.4) is 0 Å². The van der Waals surface area contributed by atoms with Crippen LogP contribution < -0.4 is 10.1 Å². The maximum atomic E-state index is 11.1. The van der Waals surface area contributed by atoms with Crippen LogP contribution in [-0.2, 0) is 6.54 Å². The highest BCUT2D eigenvalue weighted by Gasteiger charge is 2.23. The van der Waals surface area contributed by atoms with Crippen molar-refractivity contribution in [3.63, 3.8) is 0 Å². The van der Waals surface area contributed by atoms with Crippen molar-refractivity contribution in [2.45, 2.75) is 45.3 Å². The Bertz CT molecular complexity index is 468. The largest absolute Gasteiger partial charge is 0.483 e. The fourth-order valence-corrected chi connectivity index (χ4v) is 2.64. The van der Waals surface area contributed by atoms with E-state index in [1.807, 2.05) is 7.05 Å². The van der Waals surface area contributed by atoms with Crippen LogP contribution in [0.4, 0.5) is 5.69 Å². The molecule has 1 aliphatic carbocycles. The minimum atomic E-state index is -0.371. The molecule has 1 saturated carbocycles. The minimum Gasteiger partial charge on any atom is -0.483 e. The first kappa shape index (κ1) is 14.8. The van der Waals surface area contributed by atoms with E-state index in [9.17, 15) is 10.1 Å². The lowest BCUT2D eigenvalue weighted by Crippen LogP contribution is -2.23. The Labute approximate surface area is 119 Å². The molecule has 0 bridgehead atoms. The van der Waals surface area contributed by atoms with Gasteiger partial charge < -0.3 is 10.1 Å². The topological polar surface area (TPSA) is 64.4 Å². The molecule has 0 heterocycles. The number of nitro benzene ring substituents is 1. The van der Waals surface area contributed by atoms with E-state index in [-0.39, 0.29) is 16.7 Å². The molecule has 0 spiro atoms. The Morgan fingerprint density at radius 2 is 2.05 bits per heavy atom. The van der Waals surface area contributed by atoms with Gasteiger partial charge in [0.2, 0.25) is 0 Å². The lowest BCUT2D eigenvalue weighted by Gasteiger charge is -2.26. The van der Waals surface area contributed by atoms with Gasteiger partial charge in [0.1, 0.15) is 0 Å². The van der Waals surface area contributed by atoms with Crippen molar-refractivity contribution in [2.75, 3.05) is 7.05 Å². The third-order valence-corrected chi connectivity index (χ3v) is 3.86. The number of nitrogens with zero attached hydrogens (tertiary/aromatic N) is 1. The van der Waals surface area contributed by atoms with E-state index in [0.29, 0.717) is 12.3 Å². The molecule has 1 aromatic rings. The summed E-state index contributed by atoms with van der Waals surface area (Å²) in [6.07, 6.45) is 4.33. The minimum absolute atomic E-state index is 0.0588. The zero-order valence-electron chi connectivity index (χ0n) is 12.1. The fraction of sp³-hybridized carbons (Fsp3) is 0.600. The van der Waals surface area contributed by atoms with Gasteiger partial charge in [-0.2, -0.15) is 0 Å². The molecule has 2 rings (SSSR count). The molecule has 110 valence electrons. The van der Waals surface area contributed by atoms with Gasteiger partial charge in [0.15, 0.2) is 5.75 Å². The fourth-order valence-electron chi connectivity index (χ4n) is 2.64. The third kappa shape index (κ3) is 3.70. The molecule has 1 N–H and O–H groups in total. The van der Waals surface area contributed by atoms with Gasteiger partial charge in [0.25, 0.3) is 0 Å². The first-order valence-electron chi connectivity index (χ1n) is 7.18. The second-order valence-corrected chi connectivity index (χ2v) is 5.59. The van der Waals surface area contributed by atoms with Gasteiger partial charge in [0, 0.05) is 12.6 Å². The van der Waals surface area contributed by atoms with Crippen LogP contribution in [0.15, 0.2) is 18.2 Å². The summed E-state index contributed by atoms with van der Waals surface area (Å²) in [5.74, 6) is 1.14. The van der Waals surface area contributed by atoms with E-state index in [1.165, 1.54) is 6.07 Å². The molecule has 1 aromatic carbocycles. The molecule has 1 aliphatic rings. The normalized spacial score (nSPS) is 22.5. The summed E-state index contributed by atoms with van der Waals surface area (Å²) in [5.41, 5.74) is 1.06. The predicted octanol–water partition coefficient (Wildman–Crippen LogP) is 3.27. The third-order valence-electron chi connectivity index (χ3n) is 3.86. The van der Waals surface area contributed by atoms with Crippen LogP contribution in [0.2, 0.25) is 0 Å². The van der Waals surface area contributed by atoms with E-state index >= 15 is 0 Å². The van der Waals surface area contributed by atoms with Gasteiger partial charge in [0.05, 0.1) is 11.0 Å². The summed E-state index contributed by atoms with van der Waals surface area (Å²) < 4.78 is 5.91. The molecule has 5 heteroatoms.